The summed E-state index contributed by atoms with van der Waals surface area (Å²) < 4.78 is 42.2. The lowest BCUT2D eigenvalue weighted by atomic mass is 10.2. The molecule has 12 heteroatoms. The number of hydrogen-bond donors (Lipinski definition) is 2. The molecule has 11 nitrogen and oxygen atoms in total. The first-order valence-electron chi connectivity index (χ1n) is 9.43. The standard InChI is InChI=1S/C19H26N4O7S/c1-6-7-11-15-21-18(24)17(31(26,27)30-12(2)22-20-3)19(25)23(15)16-13(28-4)9-8-10-14(16)29-5/h8-10,20,24H,6-7,11H2,1-5H3/b22-12-. The number of aromatic hydroxyl groups is 1. The summed E-state index contributed by atoms with van der Waals surface area (Å²) in [6.45, 7) is 3.22. The third kappa shape index (κ3) is 5.08. The van der Waals surface area contributed by atoms with Crippen LogP contribution in [-0.4, -0.2) is 50.2 Å². The van der Waals surface area contributed by atoms with Gasteiger partial charge in [-0.2, -0.15) is 13.4 Å². The zero-order chi connectivity index (χ0) is 23.2. The summed E-state index contributed by atoms with van der Waals surface area (Å²) in [4.78, 5) is 16.4. The van der Waals surface area contributed by atoms with Gasteiger partial charge in [0.25, 0.3) is 5.56 Å². The van der Waals surface area contributed by atoms with Crippen molar-refractivity contribution < 1.29 is 27.2 Å². The summed E-state index contributed by atoms with van der Waals surface area (Å²) in [5.74, 6) is -0.587. The van der Waals surface area contributed by atoms with E-state index in [2.05, 4.69) is 15.5 Å². The van der Waals surface area contributed by atoms with Gasteiger partial charge in [-0.15, -0.1) is 5.10 Å². The maximum absolute atomic E-state index is 13.4. The zero-order valence-electron chi connectivity index (χ0n) is 18.0. The third-order valence-corrected chi connectivity index (χ3v) is 5.54. The molecule has 2 rings (SSSR count). The minimum absolute atomic E-state index is 0.145. The number of nitrogens with zero attached hydrogens (tertiary/aromatic N) is 3. The average molecular weight is 455 g/mol. The van der Waals surface area contributed by atoms with Crippen molar-refractivity contribution in [2.75, 3.05) is 21.3 Å². The van der Waals surface area contributed by atoms with E-state index < -0.39 is 26.5 Å². The number of aryl methyl sites for hydroxylation is 1. The lowest BCUT2D eigenvalue weighted by molar-refractivity contribution is 0.385. The van der Waals surface area contributed by atoms with E-state index in [9.17, 15) is 18.3 Å². The maximum atomic E-state index is 13.4. The van der Waals surface area contributed by atoms with Gasteiger partial charge in [-0.3, -0.25) is 9.36 Å². The minimum Gasteiger partial charge on any atom is -0.494 e. The Hall–Kier alpha value is -3.28. The van der Waals surface area contributed by atoms with E-state index >= 15 is 0 Å². The number of ether oxygens (including phenoxy) is 2. The first kappa shape index (κ1) is 24.0. The lowest BCUT2D eigenvalue weighted by Gasteiger charge is -2.19. The van der Waals surface area contributed by atoms with Crippen LogP contribution in [0.15, 0.2) is 33.0 Å². The molecular weight excluding hydrogens is 428 g/mol. The van der Waals surface area contributed by atoms with Gasteiger partial charge < -0.3 is 24.2 Å². The topological polar surface area (TPSA) is 141 Å². The smallest absolute Gasteiger partial charge is 0.351 e. The number of unbranched alkanes of at least 4 members (excludes halogenated alkanes) is 1. The van der Waals surface area contributed by atoms with Crippen LogP contribution in [0.4, 0.5) is 0 Å². The highest BCUT2D eigenvalue weighted by Gasteiger charge is 2.32. The van der Waals surface area contributed by atoms with E-state index in [4.69, 9.17) is 13.7 Å². The lowest BCUT2D eigenvalue weighted by Crippen LogP contribution is -2.31. The molecule has 0 bridgehead atoms. The average Bonchev–Trinajstić information content (AvgIpc) is 2.71. The molecule has 0 spiro atoms. The van der Waals surface area contributed by atoms with Crippen LogP contribution in [0.1, 0.15) is 32.5 Å². The molecule has 170 valence electrons. The fourth-order valence-corrected chi connectivity index (χ4v) is 3.93. The van der Waals surface area contributed by atoms with Crippen molar-refractivity contribution in [1.29, 1.82) is 0 Å². The Bertz CT molecular complexity index is 1100. The summed E-state index contributed by atoms with van der Waals surface area (Å²) in [6, 6.07) is 4.84. The summed E-state index contributed by atoms with van der Waals surface area (Å²) in [7, 11) is -0.494. The second-order valence-corrected chi connectivity index (χ2v) is 7.81. The molecule has 31 heavy (non-hydrogen) atoms. The molecule has 2 aromatic rings. The third-order valence-electron chi connectivity index (χ3n) is 4.22. The summed E-state index contributed by atoms with van der Waals surface area (Å²) in [6.07, 6.45) is 1.71. The van der Waals surface area contributed by atoms with Crippen molar-refractivity contribution in [2.24, 2.45) is 5.10 Å². The number of hydrogen-bond acceptors (Lipinski definition) is 10. The molecule has 0 atom stereocenters. The van der Waals surface area contributed by atoms with Crippen LogP contribution in [0.3, 0.4) is 0 Å². The van der Waals surface area contributed by atoms with E-state index in [0.717, 1.165) is 11.0 Å². The molecule has 0 aliphatic heterocycles. The largest absolute Gasteiger partial charge is 0.494 e. The Morgan fingerprint density at radius 3 is 2.39 bits per heavy atom. The van der Waals surface area contributed by atoms with Gasteiger partial charge in [-0.05, 0) is 18.6 Å². The number of nitrogens with one attached hydrogen (secondary N) is 1. The van der Waals surface area contributed by atoms with Crippen molar-refractivity contribution in [2.45, 2.75) is 38.0 Å². The molecule has 0 unspecified atom stereocenters. The maximum Gasteiger partial charge on any atom is 0.351 e. The quantitative estimate of drug-likeness (QED) is 0.250. The van der Waals surface area contributed by atoms with Gasteiger partial charge in [0.1, 0.15) is 23.0 Å². The SMILES string of the molecule is CCCCc1nc(O)c(S(=O)(=O)O/C(C)=N\NC)c(=O)n1-c1c(OC)cccc1OC. The molecule has 0 radical (unpaired) electrons. The molecule has 0 saturated heterocycles. The first-order chi connectivity index (χ1) is 14.7. The monoisotopic (exact) mass is 454 g/mol. The normalized spacial score (nSPS) is 11.8. The molecule has 2 N–H and O–H groups in total. The van der Waals surface area contributed by atoms with E-state index in [-0.39, 0.29) is 28.9 Å². The molecule has 0 amide bonds. The Morgan fingerprint density at radius 2 is 1.87 bits per heavy atom. The first-order valence-corrected chi connectivity index (χ1v) is 10.8. The highest BCUT2D eigenvalue weighted by molar-refractivity contribution is 7.87. The van der Waals surface area contributed by atoms with Crippen LogP contribution in [0, 0.1) is 0 Å². The van der Waals surface area contributed by atoms with Gasteiger partial charge in [0.15, 0.2) is 0 Å². The van der Waals surface area contributed by atoms with Gasteiger partial charge in [-0.1, -0.05) is 19.4 Å². The molecule has 0 aliphatic carbocycles. The second-order valence-electron chi connectivity index (χ2n) is 6.33. The van der Waals surface area contributed by atoms with Gasteiger partial charge in [0.2, 0.25) is 16.7 Å². The molecule has 0 saturated carbocycles. The van der Waals surface area contributed by atoms with Gasteiger partial charge in [0, 0.05) is 20.4 Å². The van der Waals surface area contributed by atoms with E-state index in [1.54, 1.807) is 18.2 Å². The van der Waals surface area contributed by atoms with Crippen LogP contribution in [0.25, 0.3) is 5.69 Å². The minimum atomic E-state index is -4.75. The fourth-order valence-electron chi connectivity index (χ4n) is 2.92. The second kappa shape index (κ2) is 10.2. The Balaban J connectivity index is 2.90. The Labute approximate surface area is 180 Å². The van der Waals surface area contributed by atoms with Gasteiger partial charge in [-0.25, -0.2) is 0 Å². The number of rotatable bonds is 9. The molecular formula is C19H26N4O7S. The number of para-hydroxylation sites is 1. The number of hydrazone groups is 1. The van der Waals surface area contributed by atoms with Crippen molar-refractivity contribution in [3.8, 4) is 23.1 Å². The summed E-state index contributed by atoms with van der Waals surface area (Å²) in [5.41, 5.74) is 1.48. The van der Waals surface area contributed by atoms with Crippen molar-refractivity contribution in [3.63, 3.8) is 0 Å². The molecule has 1 aromatic carbocycles. The van der Waals surface area contributed by atoms with Crippen LogP contribution in [0.2, 0.25) is 0 Å². The number of aromatic nitrogens is 2. The predicted molar refractivity (Wildman–Crippen MR) is 114 cm³/mol. The Kier molecular flexibility index (Phi) is 7.86. The highest BCUT2D eigenvalue weighted by atomic mass is 32.2. The van der Waals surface area contributed by atoms with E-state index in [1.807, 2.05) is 6.92 Å². The highest BCUT2D eigenvalue weighted by Crippen LogP contribution is 2.33. The van der Waals surface area contributed by atoms with E-state index in [1.165, 1.54) is 28.2 Å². The zero-order valence-corrected chi connectivity index (χ0v) is 18.8. The van der Waals surface area contributed by atoms with Crippen LogP contribution in [-0.2, 0) is 20.7 Å². The molecule has 1 heterocycles. The predicted octanol–water partition coefficient (Wildman–Crippen LogP) is 1.56. The van der Waals surface area contributed by atoms with Gasteiger partial charge >= 0.3 is 10.1 Å². The number of methoxy groups -OCH3 is 2. The van der Waals surface area contributed by atoms with Crippen molar-refractivity contribution in [1.82, 2.24) is 15.0 Å². The summed E-state index contributed by atoms with van der Waals surface area (Å²) >= 11 is 0. The van der Waals surface area contributed by atoms with Crippen molar-refractivity contribution >= 4 is 16.0 Å². The van der Waals surface area contributed by atoms with Crippen LogP contribution >= 0.6 is 0 Å². The van der Waals surface area contributed by atoms with E-state index in [0.29, 0.717) is 12.8 Å². The molecule has 0 aliphatic rings. The molecule has 1 aromatic heterocycles. The fraction of sp³-hybridized carbons (Fsp3) is 0.421. The number of benzene rings is 1. The molecule has 0 fully saturated rings. The summed E-state index contributed by atoms with van der Waals surface area (Å²) in [5, 5.41) is 14.0. The Morgan fingerprint density at radius 1 is 1.26 bits per heavy atom. The van der Waals surface area contributed by atoms with Crippen molar-refractivity contribution in [3.05, 3.63) is 34.4 Å². The van der Waals surface area contributed by atoms with Gasteiger partial charge in [0.05, 0.1) is 14.2 Å². The van der Waals surface area contributed by atoms with Crippen LogP contribution in [0.5, 0.6) is 17.4 Å². The van der Waals surface area contributed by atoms with Crippen LogP contribution < -0.4 is 20.5 Å².